The summed E-state index contributed by atoms with van der Waals surface area (Å²) in [4.78, 5) is 41.3. The summed E-state index contributed by atoms with van der Waals surface area (Å²) in [6.07, 6.45) is -0.722. The second kappa shape index (κ2) is 8.10. The SMILES string of the molecule is C[C@H]1C(=O)N2CCCc3nc(N[C@H]4C[C@@H](NC(=O)c5ccc(C(F)(F)F)nc5)C4)nc(c32)N1C. The van der Waals surface area contributed by atoms with E-state index in [2.05, 4.69) is 25.6 Å². The first-order valence-corrected chi connectivity index (χ1v) is 11.2. The molecule has 2 aromatic rings. The number of aryl methyl sites for hydroxylation is 1. The van der Waals surface area contributed by atoms with Gasteiger partial charge in [-0.05, 0) is 44.7 Å². The molecule has 0 unspecified atom stereocenters. The van der Waals surface area contributed by atoms with E-state index in [0.29, 0.717) is 25.3 Å². The number of anilines is 3. The largest absolute Gasteiger partial charge is 0.433 e. The van der Waals surface area contributed by atoms with Crippen molar-refractivity contribution in [3.8, 4) is 0 Å². The van der Waals surface area contributed by atoms with E-state index in [0.717, 1.165) is 48.4 Å². The number of halogens is 3. The summed E-state index contributed by atoms with van der Waals surface area (Å²) in [5, 5.41) is 6.13. The van der Waals surface area contributed by atoms with E-state index in [4.69, 9.17) is 0 Å². The van der Waals surface area contributed by atoms with Gasteiger partial charge in [-0.3, -0.25) is 14.6 Å². The standard InChI is InChI=1S/C22H24F3N7O2/c1-11-20(34)32-7-3-4-15-17(32)18(31(11)2)30-21(29-15)28-14-8-13(9-14)27-19(33)12-5-6-16(26-10-12)22(23,24)25/h5-6,10-11,13-14H,3-4,7-9H2,1-2H3,(H,27,33)(H,28,29,30)/t11-,13-,14+/m0/s1. The molecule has 12 heteroatoms. The van der Waals surface area contributed by atoms with Gasteiger partial charge in [0.15, 0.2) is 5.82 Å². The van der Waals surface area contributed by atoms with Crippen LogP contribution in [-0.4, -0.2) is 58.5 Å². The molecule has 1 fully saturated rings. The topological polar surface area (TPSA) is 103 Å². The van der Waals surface area contributed by atoms with Crippen molar-refractivity contribution in [3.05, 3.63) is 35.3 Å². The number of pyridine rings is 1. The minimum absolute atomic E-state index is 0.0499. The number of amides is 2. The first-order chi connectivity index (χ1) is 16.1. The lowest BCUT2D eigenvalue weighted by Gasteiger charge is -2.42. The molecule has 0 aromatic carbocycles. The zero-order valence-corrected chi connectivity index (χ0v) is 18.7. The smallest absolute Gasteiger partial charge is 0.351 e. The van der Waals surface area contributed by atoms with Gasteiger partial charge in [0.2, 0.25) is 11.9 Å². The molecule has 2 aliphatic heterocycles. The third kappa shape index (κ3) is 3.90. The van der Waals surface area contributed by atoms with Gasteiger partial charge in [-0.15, -0.1) is 0 Å². The van der Waals surface area contributed by atoms with Crippen LogP contribution in [0.5, 0.6) is 0 Å². The van der Waals surface area contributed by atoms with E-state index in [-0.39, 0.29) is 29.6 Å². The Morgan fingerprint density at radius 1 is 1.18 bits per heavy atom. The monoisotopic (exact) mass is 475 g/mol. The van der Waals surface area contributed by atoms with Gasteiger partial charge in [0, 0.05) is 31.9 Å². The Bertz CT molecular complexity index is 1130. The van der Waals surface area contributed by atoms with Gasteiger partial charge < -0.3 is 20.4 Å². The quantitative estimate of drug-likeness (QED) is 0.700. The molecule has 34 heavy (non-hydrogen) atoms. The number of carbonyl (C=O) groups is 2. The summed E-state index contributed by atoms with van der Waals surface area (Å²) < 4.78 is 37.9. The summed E-state index contributed by atoms with van der Waals surface area (Å²) in [6.45, 7) is 2.53. The number of likely N-dealkylation sites (N-methyl/N-ethyl adjacent to an activating group) is 1. The fraction of sp³-hybridized carbons (Fsp3) is 0.500. The number of hydrogen-bond acceptors (Lipinski definition) is 7. The molecule has 180 valence electrons. The van der Waals surface area contributed by atoms with Crippen molar-refractivity contribution in [2.24, 2.45) is 0 Å². The summed E-state index contributed by atoms with van der Waals surface area (Å²) >= 11 is 0. The van der Waals surface area contributed by atoms with E-state index >= 15 is 0 Å². The highest BCUT2D eigenvalue weighted by atomic mass is 19.4. The maximum Gasteiger partial charge on any atom is 0.433 e. The zero-order valence-electron chi connectivity index (χ0n) is 18.7. The fourth-order valence-electron chi connectivity index (χ4n) is 4.56. The second-order valence-electron chi connectivity index (χ2n) is 8.96. The molecular formula is C22H24F3N7O2. The zero-order chi connectivity index (χ0) is 24.2. The van der Waals surface area contributed by atoms with Crippen molar-refractivity contribution in [3.63, 3.8) is 0 Å². The lowest BCUT2D eigenvalue weighted by molar-refractivity contribution is -0.141. The van der Waals surface area contributed by atoms with Crippen molar-refractivity contribution in [2.75, 3.05) is 28.7 Å². The molecule has 9 nitrogen and oxygen atoms in total. The van der Waals surface area contributed by atoms with Crippen LogP contribution in [0.15, 0.2) is 18.3 Å². The number of nitrogens with one attached hydrogen (secondary N) is 2. The van der Waals surface area contributed by atoms with Crippen LogP contribution in [0, 0.1) is 0 Å². The predicted octanol–water partition coefficient (Wildman–Crippen LogP) is 2.38. The third-order valence-electron chi connectivity index (χ3n) is 6.66. The van der Waals surface area contributed by atoms with Crippen molar-refractivity contribution < 1.29 is 22.8 Å². The molecule has 1 atom stereocenters. The molecule has 0 radical (unpaired) electrons. The Labute approximate surface area is 193 Å². The minimum Gasteiger partial charge on any atom is -0.351 e. The minimum atomic E-state index is -4.54. The lowest BCUT2D eigenvalue weighted by atomic mass is 9.86. The molecule has 1 saturated carbocycles. The predicted molar refractivity (Wildman–Crippen MR) is 118 cm³/mol. The Balaban J connectivity index is 1.21. The molecule has 3 aliphatic rings. The molecule has 0 saturated heterocycles. The molecule has 2 amide bonds. The fourth-order valence-corrected chi connectivity index (χ4v) is 4.56. The first-order valence-electron chi connectivity index (χ1n) is 11.2. The summed E-state index contributed by atoms with van der Waals surface area (Å²) in [5.41, 5.74) is 0.697. The normalized spacial score (nSPS) is 23.8. The first kappa shape index (κ1) is 22.4. The highest BCUT2D eigenvalue weighted by Crippen LogP contribution is 2.40. The Morgan fingerprint density at radius 3 is 2.62 bits per heavy atom. The van der Waals surface area contributed by atoms with Crippen molar-refractivity contribution in [1.29, 1.82) is 0 Å². The van der Waals surface area contributed by atoms with Crippen LogP contribution >= 0.6 is 0 Å². The maximum absolute atomic E-state index is 12.6. The number of rotatable bonds is 4. The Kier molecular flexibility index (Phi) is 5.33. The summed E-state index contributed by atoms with van der Waals surface area (Å²) in [7, 11) is 1.85. The van der Waals surface area contributed by atoms with Crippen LogP contribution in [0.1, 0.15) is 47.9 Å². The van der Waals surface area contributed by atoms with E-state index < -0.39 is 17.8 Å². The van der Waals surface area contributed by atoms with Gasteiger partial charge >= 0.3 is 6.18 Å². The van der Waals surface area contributed by atoms with Crippen molar-refractivity contribution in [1.82, 2.24) is 20.3 Å². The van der Waals surface area contributed by atoms with Gasteiger partial charge in [-0.2, -0.15) is 18.2 Å². The van der Waals surface area contributed by atoms with Crippen LogP contribution in [-0.2, 0) is 17.4 Å². The molecule has 2 N–H and O–H groups in total. The van der Waals surface area contributed by atoms with Crippen molar-refractivity contribution in [2.45, 2.75) is 56.9 Å². The summed E-state index contributed by atoms with van der Waals surface area (Å²) in [5.74, 6) is 0.824. The van der Waals surface area contributed by atoms with E-state index in [9.17, 15) is 22.8 Å². The molecule has 5 rings (SSSR count). The average Bonchev–Trinajstić information content (AvgIpc) is 2.78. The number of carbonyl (C=O) groups excluding carboxylic acids is 2. The number of nitrogens with zero attached hydrogens (tertiary/aromatic N) is 5. The van der Waals surface area contributed by atoms with E-state index in [1.54, 1.807) is 4.90 Å². The van der Waals surface area contributed by atoms with Crippen LogP contribution in [0.25, 0.3) is 0 Å². The van der Waals surface area contributed by atoms with E-state index in [1.165, 1.54) is 0 Å². The Morgan fingerprint density at radius 2 is 1.94 bits per heavy atom. The second-order valence-corrected chi connectivity index (χ2v) is 8.96. The van der Waals surface area contributed by atoms with Crippen LogP contribution in [0.3, 0.4) is 0 Å². The van der Waals surface area contributed by atoms with Gasteiger partial charge in [0.05, 0.1) is 11.3 Å². The molecule has 0 bridgehead atoms. The number of aromatic nitrogens is 3. The summed E-state index contributed by atoms with van der Waals surface area (Å²) in [6, 6.07) is 1.56. The van der Waals surface area contributed by atoms with Crippen LogP contribution < -0.4 is 20.4 Å². The highest BCUT2D eigenvalue weighted by molar-refractivity contribution is 6.05. The van der Waals surface area contributed by atoms with Gasteiger partial charge in [0.25, 0.3) is 5.91 Å². The highest BCUT2D eigenvalue weighted by Gasteiger charge is 2.39. The third-order valence-corrected chi connectivity index (χ3v) is 6.66. The van der Waals surface area contributed by atoms with Gasteiger partial charge in [0.1, 0.15) is 17.4 Å². The average molecular weight is 475 g/mol. The van der Waals surface area contributed by atoms with Crippen LogP contribution in [0.2, 0.25) is 0 Å². The molecular weight excluding hydrogens is 451 g/mol. The molecule has 1 aliphatic carbocycles. The number of hydrogen-bond donors (Lipinski definition) is 2. The Hall–Kier alpha value is -3.44. The molecule has 2 aromatic heterocycles. The number of alkyl halides is 3. The van der Waals surface area contributed by atoms with Crippen LogP contribution in [0.4, 0.5) is 30.6 Å². The maximum atomic E-state index is 12.6. The van der Waals surface area contributed by atoms with Crippen molar-refractivity contribution >= 4 is 29.3 Å². The van der Waals surface area contributed by atoms with E-state index in [1.807, 2.05) is 18.9 Å². The molecule has 0 spiro atoms. The van der Waals surface area contributed by atoms with Gasteiger partial charge in [-0.1, -0.05) is 0 Å². The molecule has 4 heterocycles. The van der Waals surface area contributed by atoms with Gasteiger partial charge in [-0.25, -0.2) is 4.98 Å². The lowest BCUT2D eigenvalue weighted by Crippen LogP contribution is -2.53.